The first-order valence-electron chi connectivity index (χ1n) is 24.2. The van der Waals surface area contributed by atoms with E-state index < -0.39 is 159 Å². The van der Waals surface area contributed by atoms with Crippen molar-refractivity contribution in [1.29, 1.82) is 0 Å². The van der Waals surface area contributed by atoms with Gasteiger partial charge in [-0.05, 0) is 59.5 Å². The highest BCUT2D eigenvalue weighted by Gasteiger charge is 2.20. The molecule has 0 aliphatic carbocycles. The van der Waals surface area contributed by atoms with Crippen LogP contribution in [0.2, 0.25) is 0 Å². The van der Waals surface area contributed by atoms with E-state index in [9.17, 15) is 9.60 Å². The minimum absolute atomic E-state index is 0.148. The van der Waals surface area contributed by atoms with E-state index in [-0.39, 0.29) is 33.8 Å². The van der Waals surface area contributed by atoms with E-state index in [1.807, 2.05) is 0 Å². The van der Waals surface area contributed by atoms with Crippen molar-refractivity contribution in [3.8, 4) is 51.0 Å². The van der Waals surface area contributed by atoms with Crippen molar-refractivity contribution < 1.29 is 29.1 Å². The number of furan rings is 1. The third-order valence-electron chi connectivity index (χ3n) is 8.11. The molecule has 5 heteroatoms. The van der Waals surface area contributed by atoms with Gasteiger partial charge in [0.25, 0.3) is 0 Å². The van der Waals surface area contributed by atoms with Crippen molar-refractivity contribution in [3.05, 3.63) is 169 Å². The van der Waals surface area contributed by atoms with E-state index in [2.05, 4.69) is 15.0 Å². The molecule has 0 unspecified atom stereocenters. The molecule has 0 N–H and O–H groups in total. The van der Waals surface area contributed by atoms with Crippen LogP contribution in [0.15, 0.2) is 174 Å². The van der Waals surface area contributed by atoms with Gasteiger partial charge in [0.2, 0.25) is 0 Å². The van der Waals surface area contributed by atoms with Crippen LogP contribution >= 0.6 is 0 Å². The molecule has 0 aliphatic heterocycles. The van der Waals surface area contributed by atoms with Crippen molar-refractivity contribution in [1.82, 2.24) is 19.5 Å². The number of aromatic nitrogens is 4. The zero-order chi connectivity index (χ0) is 48.7. The average Bonchev–Trinajstić information content (AvgIpc) is 3.92. The predicted molar refractivity (Wildman–Crippen MR) is 203 cm³/mol. The van der Waals surface area contributed by atoms with Crippen molar-refractivity contribution in [2.45, 2.75) is 0 Å². The van der Waals surface area contributed by atoms with Crippen molar-refractivity contribution in [2.24, 2.45) is 0 Å². The Labute approximate surface area is 313 Å². The van der Waals surface area contributed by atoms with Gasteiger partial charge in [-0.15, -0.1) is 0 Å². The molecule has 0 radical (unpaired) electrons. The zero-order valence-corrected chi connectivity index (χ0v) is 25.5. The lowest BCUT2D eigenvalue weighted by atomic mass is 10.0. The van der Waals surface area contributed by atoms with E-state index in [0.717, 1.165) is 4.57 Å². The molecule has 5 nitrogen and oxygen atoms in total. The van der Waals surface area contributed by atoms with Crippen LogP contribution in [0.4, 0.5) is 0 Å². The molecule has 7 aromatic carbocycles. The van der Waals surface area contributed by atoms with Crippen molar-refractivity contribution in [3.63, 3.8) is 0 Å². The molecule has 0 spiro atoms. The highest BCUT2D eigenvalue weighted by atomic mass is 16.3. The number of nitrogens with zero attached hydrogens (tertiary/aromatic N) is 4. The van der Waals surface area contributed by atoms with Crippen LogP contribution in [0.25, 0.3) is 94.7 Å². The maximum atomic E-state index is 9.85. The smallest absolute Gasteiger partial charge is 0.164 e. The van der Waals surface area contributed by atoms with Gasteiger partial charge in [-0.2, -0.15) is 0 Å². The maximum Gasteiger partial charge on any atom is 0.164 e. The lowest BCUT2D eigenvalue weighted by Gasteiger charge is -2.11. The summed E-state index contributed by atoms with van der Waals surface area (Å²) >= 11 is 0. The maximum absolute atomic E-state index is 9.85. The molecular formula is C45H28N4O. The lowest BCUT2D eigenvalue weighted by Crippen LogP contribution is -2.00. The number of hydrogen-bond acceptors (Lipinski definition) is 4. The molecule has 0 fully saturated rings. The summed E-state index contributed by atoms with van der Waals surface area (Å²) in [7, 11) is 0. The molecule has 3 heterocycles. The molecule has 10 rings (SSSR count). The van der Waals surface area contributed by atoms with Crippen molar-refractivity contribution in [2.75, 3.05) is 0 Å². The molecule has 0 atom stereocenters. The van der Waals surface area contributed by atoms with Crippen LogP contribution in [0.1, 0.15) is 24.7 Å². The number of rotatable bonds is 5. The van der Waals surface area contributed by atoms with Crippen LogP contribution < -0.4 is 0 Å². The van der Waals surface area contributed by atoms with Crippen LogP contribution in [0, 0.1) is 0 Å². The summed E-state index contributed by atoms with van der Waals surface area (Å²) in [4.78, 5) is 14.0. The van der Waals surface area contributed by atoms with Gasteiger partial charge in [0.15, 0.2) is 17.5 Å². The first-order chi connectivity index (χ1) is 32.3. The van der Waals surface area contributed by atoms with Gasteiger partial charge in [-0.1, -0.05) is 121 Å². The minimum atomic E-state index is -0.819. The molecule has 234 valence electrons. The van der Waals surface area contributed by atoms with Gasteiger partial charge in [0.05, 0.1) is 46.8 Å². The standard InChI is InChI=1S/C45H28N4O/c1-4-13-29(14-5-1)32-24-26-40-36(27-32)42-39(21-12-22-41(42)50-40)49-37-20-11-10-19-34(37)35-28-33(23-25-38(35)49)45-47-43(30-15-6-2-7-16-30)46-44(48-45)31-17-8-3-9-18-31/h1-28H/i1D,4D,5D,10D,11D,12D,13D,14D,19D,20D,21D,22D,23D,24D,25D,26D,27D,28D. The summed E-state index contributed by atoms with van der Waals surface area (Å²) in [5, 5.41) is -1.53. The van der Waals surface area contributed by atoms with Gasteiger partial charge >= 0.3 is 0 Å². The SMILES string of the molecule is [2H]c1c([2H])c([2H])c(-c2c([2H])c([2H])c3oc4c([2H])c([2H])c([2H])c(-n5c6c([2H])c([2H])c([2H])c([2H])c6c6c([2H])c(-c7nc(-c8ccccc8)nc(-c8ccccc8)n7)c([2H])c([2H])c65)c4c3c2[2H])c([2H])c1[2H]. The van der Waals surface area contributed by atoms with Gasteiger partial charge in [0, 0.05) is 32.8 Å². The molecule has 0 saturated heterocycles. The normalized spacial score (nSPS) is 16.6. The summed E-state index contributed by atoms with van der Waals surface area (Å²) in [5.41, 5.74) is -2.96. The Bertz CT molecular complexity index is 3810. The van der Waals surface area contributed by atoms with E-state index in [1.54, 1.807) is 60.7 Å². The second-order valence-corrected chi connectivity index (χ2v) is 11.1. The van der Waals surface area contributed by atoms with Gasteiger partial charge in [-0.25, -0.2) is 15.0 Å². The third kappa shape index (κ3) is 4.60. The van der Waals surface area contributed by atoms with Gasteiger partial charge < -0.3 is 8.98 Å². The monoisotopic (exact) mass is 658 g/mol. The van der Waals surface area contributed by atoms with Gasteiger partial charge in [0.1, 0.15) is 11.2 Å². The van der Waals surface area contributed by atoms with Gasteiger partial charge in [-0.3, -0.25) is 0 Å². The fourth-order valence-electron chi connectivity index (χ4n) is 5.88. The average molecular weight is 659 g/mol. The Balaban J connectivity index is 1.41. The summed E-state index contributed by atoms with van der Waals surface area (Å²) in [6.07, 6.45) is 0. The molecule has 0 bridgehead atoms. The summed E-state index contributed by atoms with van der Waals surface area (Å²) in [5.74, 6) is 0.0681. The topological polar surface area (TPSA) is 56.7 Å². The molecule has 0 saturated carbocycles. The Hall–Kier alpha value is -6.85. The first-order valence-corrected chi connectivity index (χ1v) is 15.2. The molecule has 3 aromatic heterocycles. The third-order valence-corrected chi connectivity index (χ3v) is 8.11. The van der Waals surface area contributed by atoms with E-state index in [4.69, 9.17) is 19.5 Å². The van der Waals surface area contributed by atoms with Crippen molar-refractivity contribution >= 4 is 43.7 Å². The number of benzene rings is 7. The number of para-hydroxylation sites is 1. The summed E-state index contributed by atoms with van der Waals surface area (Å²) < 4.78 is 169. The van der Waals surface area contributed by atoms with Crippen LogP contribution in [-0.2, 0) is 0 Å². The van der Waals surface area contributed by atoms with Crippen LogP contribution in [0.5, 0.6) is 0 Å². The van der Waals surface area contributed by atoms with E-state index in [1.165, 1.54) is 0 Å². The van der Waals surface area contributed by atoms with E-state index in [0.29, 0.717) is 11.1 Å². The highest BCUT2D eigenvalue weighted by Crippen LogP contribution is 2.40. The highest BCUT2D eigenvalue weighted by molar-refractivity contribution is 6.15. The fraction of sp³-hybridized carbons (Fsp3) is 0. The second-order valence-electron chi connectivity index (χ2n) is 11.1. The summed E-state index contributed by atoms with van der Waals surface area (Å²) in [6.45, 7) is 0. The summed E-state index contributed by atoms with van der Waals surface area (Å²) in [6, 6.07) is 4.04. The fourth-order valence-corrected chi connectivity index (χ4v) is 5.88. The Morgan fingerprint density at radius 1 is 0.440 bits per heavy atom. The quantitative estimate of drug-likeness (QED) is 0.185. The first kappa shape index (κ1) is 15.6. The largest absolute Gasteiger partial charge is 0.456 e. The predicted octanol–water partition coefficient (Wildman–Crippen LogP) is 11.5. The minimum Gasteiger partial charge on any atom is -0.456 e. The molecule has 0 aliphatic rings. The lowest BCUT2D eigenvalue weighted by molar-refractivity contribution is 0.669. The Morgan fingerprint density at radius 3 is 1.80 bits per heavy atom. The number of fused-ring (bicyclic) bond motifs is 6. The van der Waals surface area contributed by atoms with E-state index >= 15 is 0 Å². The zero-order valence-electron chi connectivity index (χ0n) is 43.5. The molecule has 50 heavy (non-hydrogen) atoms. The van der Waals surface area contributed by atoms with Crippen LogP contribution in [0.3, 0.4) is 0 Å². The number of hydrogen-bond donors (Lipinski definition) is 0. The molecule has 0 amide bonds. The Morgan fingerprint density at radius 2 is 1.06 bits per heavy atom. The molecular weight excluding hydrogens is 613 g/mol. The second kappa shape index (κ2) is 11.4. The van der Waals surface area contributed by atoms with Crippen LogP contribution in [-0.4, -0.2) is 19.5 Å². The Kier molecular flexibility index (Phi) is 3.55. The molecule has 10 aromatic rings.